The molecule has 9 heteroatoms. The molecule has 1 atom stereocenters. The van der Waals surface area contributed by atoms with Crippen LogP contribution >= 0.6 is 0 Å². The summed E-state index contributed by atoms with van der Waals surface area (Å²) >= 11 is 0. The first-order chi connectivity index (χ1) is 13.4. The second-order valence-corrected chi connectivity index (χ2v) is 9.00. The highest BCUT2D eigenvalue weighted by atomic mass is 32.2. The van der Waals surface area contributed by atoms with Gasteiger partial charge in [0.1, 0.15) is 16.4 Å². The lowest BCUT2D eigenvalue weighted by molar-refractivity contribution is 0.0695. The van der Waals surface area contributed by atoms with Gasteiger partial charge in [-0.25, -0.2) is 18.1 Å². The number of para-hydroxylation sites is 2. The number of aromatic nitrogens is 3. The molecule has 1 aliphatic rings. The normalized spacial score (nSPS) is 17.9. The third-order valence-electron chi connectivity index (χ3n) is 5.28. The Kier molecular flexibility index (Phi) is 4.72. The minimum absolute atomic E-state index is 0.0895. The Bertz CT molecular complexity index is 1100. The van der Waals surface area contributed by atoms with Crippen molar-refractivity contribution in [1.29, 1.82) is 0 Å². The average molecular weight is 401 g/mol. The fourth-order valence-corrected chi connectivity index (χ4v) is 4.52. The van der Waals surface area contributed by atoms with Gasteiger partial charge in [0.2, 0.25) is 10.0 Å². The lowest BCUT2D eigenvalue weighted by Gasteiger charge is -2.31. The van der Waals surface area contributed by atoms with Crippen LogP contribution in [0.5, 0.6) is 0 Å². The number of carbonyl (C=O) groups is 1. The molecular formula is C19H23N5O3S. The molecular weight excluding hydrogens is 378 g/mol. The van der Waals surface area contributed by atoms with E-state index in [1.807, 2.05) is 24.3 Å². The number of aryl methyl sites for hydroxylation is 1. The van der Waals surface area contributed by atoms with Gasteiger partial charge < -0.3 is 14.5 Å². The number of hydrogen-bond acceptors (Lipinski definition) is 4. The van der Waals surface area contributed by atoms with Crippen LogP contribution in [0.1, 0.15) is 35.1 Å². The summed E-state index contributed by atoms with van der Waals surface area (Å²) in [5, 5.41) is 0. The standard InChI is InChI=1S/C19H23N5O3S/c1-20-28(26,27)14-10-17(23(2)12-14)19(25)24-9-5-6-13(11-24)18-21-15-7-3-4-8-16(15)22-18/h3-4,7-8,10,12-13,20H,5-6,9,11H2,1-2H3,(H,21,22). The number of piperidine rings is 1. The number of hydrogen-bond donors (Lipinski definition) is 2. The number of carbonyl (C=O) groups excluding carboxylic acids is 1. The van der Waals surface area contributed by atoms with E-state index in [0.29, 0.717) is 18.8 Å². The largest absolute Gasteiger partial charge is 0.345 e. The van der Waals surface area contributed by atoms with E-state index in [1.54, 1.807) is 16.5 Å². The summed E-state index contributed by atoms with van der Waals surface area (Å²) < 4.78 is 27.9. The Morgan fingerprint density at radius 1 is 1.32 bits per heavy atom. The highest BCUT2D eigenvalue weighted by Crippen LogP contribution is 2.28. The zero-order valence-electron chi connectivity index (χ0n) is 15.8. The molecule has 28 heavy (non-hydrogen) atoms. The molecule has 148 valence electrons. The number of likely N-dealkylation sites (tertiary alicyclic amines) is 1. The van der Waals surface area contributed by atoms with Crippen molar-refractivity contribution < 1.29 is 13.2 Å². The molecule has 1 aromatic carbocycles. The van der Waals surface area contributed by atoms with Crippen LogP contribution in [0.25, 0.3) is 11.0 Å². The van der Waals surface area contributed by atoms with Crippen molar-refractivity contribution in [3.63, 3.8) is 0 Å². The molecule has 0 aliphatic carbocycles. The smallest absolute Gasteiger partial charge is 0.270 e. The minimum atomic E-state index is -3.59. The predicted molar refractivity (Wildman–Crippen MR) is 106 cm³/mol. The first-order valence-electron chi connectivity index (χ1n) is 9.23. The van der Waals surface area contributed by atoms with Gasteiger partial charge in [-0.3, -0.25) is 4.79 Å². The highest BCUT2D eigenvalue weighted by molar-refractivity contribution is 7.89. The Hall–Kier alpha value is -2.65. The number of aromatic amines is 1. The molecule has 1 amide bonds. The molecule has 4 rings (SSSR count). The number of rotatable bonds is 4. The fourth-order valence-electron chi connectivity index (χ4n) is 3.72. The molecule has 0 bridgehead atoms. The lowest BCUT2D eigenvalue weighted by Crippen LogP contribution is -2.40. The van der Waals surface area contributed by atoms with Crippen molar-refractivity contribution in [3.8, 4) is 0 Å². The van der Waals surface area contributed by atoms with Gasteiger partial charge in [0, 0.05) is 32.3 Å². The Morgan fingerprint density at radius 2 is 2.11 bits per heavy atom. The van der Waals surface area contributed by atoms with Gasteiger partial charge in [-0.05, 0) is 38.1 Å². The molecule has 0 saturated carbocycles. The molecule has 0 radical (unpaired) electrons. The van der Waals surface area contributed by atoms with E-state index in [2.05, 4.69) is 14.7 Å². The summed E-state index contributed by atoms with van der Waals surface area (Å²) in [6.07, 6.45) is 3.29. The molecule has 3 heterocycles. The summed E-state index contributed by atoms with van der Waals surface area (Å²) in [6.45, 7) is 1.20. The number of sulfonamides is 1. The van der Waals surface area contributed by atoms with Crippen LogP contribution < -0.4 is 4.72 Å². The number of imidazole rings is 1. The number of fused-ring (bicyclic) bond motifs is 1. The second-order valence-electron chi connectivity index (χ2n) is 7.11. The molecule has 1 saturated heterocycles. The van der Waals surface area contributed by atoms with Gasteiger partial charge in [-0.15, -0.1) is 0 Å². The quantitative estimate of drug-likeness (QED) is 0.697. The molecule has 2 aromatic heterocycles. The van der Waals surface area contributed by atoms with Crippen molar-refractivity contribution >= 4 is 27.0 Å². The number of nitrogens with one attached hydrogen (secondary N) is 2. The van der Waals surface area contributed by atoms with Crippen LogP contribution in [0.2, 0.25) is 0 Å². The van der Waals surface area contributed by atoms with Gasteiger partial charge in [0.25, 0.3) is 5.91 Å². The highest BCUT2D eigenvalue weighted by Gasteiger charge is 2.29. The summed E-state index contributed by atoms with van der Waals surface area (Å²) in [7, 11) is -0.553. The van der Waals surface area contributed by atoms with Crippen molar-refractivity contribution in [1.82, 2.24) is 24.2 Å². The zero-order chi connectivity index (χ0) is 19.9. The first kappa shape index (κ1) is 18.7. The van der Waals surface area contributed by atoms with Gasteiger partial charge in [0.15, 0.2) is 0 Å². The van der Waals surface area contributed by atoms with E-state index in [0.717, 1.165) is 29.7 Å². The third kappa shape index (κ3) is 3.31. The number of H-pyrrole nitrogens is 1. The molecule has 1 fully saturated rings. The maximum absolute atomic E-state index is 13.1. The molecule has 1 unspecified atom stereocenters. The fraction of sp³-hybridized carbons (Fsp3) is 0.368. The van der Waals surface area contributed by atoms with E-state index in [-0.39, 0.29) is 16.7 Å². The molecule has 3 aromatic rings. The average Bonchev–Trinajstić information content (AvgIpc) is 3.31. The van der Waals surface area contributed by atoms with Gasteiger partial charge in [0.05, 0.1) is 11.0 Å². The SMILES string of the molecule is CNS(=O)(=O)c1cc(C(=O)N2CCCC(c3nc4ccccc4[nH]3)C2)n(C)c1. The van der Waals surface area contributed by atoms with Crippen LogP contribution in [0.15, 0.2) is 41.4 Å². The van der Waals surface area contributed by atoms with E-state index in [4.69, 9.17) is 0 Å². The van der Waals surface area contributed by atoms with E-state index in [9.17, 15) is 13.2 Å². The Morgan fingerprint density at radius 3 is 2.86 bits per heavy atom. The topological polar surface area (TPSA) is 100 Å². The monoisotopic (exact) mass is 401 g/mol. The lowest BCUT2D eigenvalue weighted by atomic mass is 9.97. The summed E-state index contributed by atoms with van der Waals surface area (Å²) in [6, 6.07) is 9.31. The minimum Gasteiger partial charge on any atom is -0.345 e. The van der Waals surface area contributed by atoms with Gasteiger partial charge in [-0.1, -0.05) is 12.1 Å². The number of nitrogens with zero attached hydrogens (tertiary/aromatic N) is 3. The van der Waals surface area contributed by atoms with E-state index in [1.165, 1.54) is 19.3 Å². The summed E-state index contributed by atoms with van der Waals surface area (Å²) in [5.41, 5.74) is 2.27. The van der Waals surface area contributed by atoms with Crippen LogP contribution in [0, 0.1) is 0 Å². The molecule has 0 spiro atoms. The third-order valence-corrected chi connectivity index (χ3v) is 6.66. The van der Waals surface area contributed by atoms with Crippen molar-refractivity contribution in [2.75, 3.05) is 20.1 Å². The van der Waals surface area contributed by atoms with Gasteiger partial charge >= 0.3 is 0 Å². The molecule has 2 N–H and O–H groups in total. The maximum Gasteiger partial charge on any atom is 0.270 e. The molecule has 1 aliphatic heterocycles. The number of amides is 1. The van der Waals surface area contributed by atoms with Crippen LogP contribution in [-0.2, 0) is 17.1 Å². The summed E-state index contributed by atoms with van der Waals surface area (Å²) in [5.74, 6) is 0.857. The van der Waals surface area contributed by atoms with Crippen molar-refractivity contribution in [2.24, 2.45) is 7.05 Å². The Balaban J connectivity index is 1.57. The zero-order valence-corrected chi connectivity index (χ0v) is 16.7. The Labute approximate surface area is 163 Å². The van der Waals surface area contributed by atoms with Crippen molar-refractivity contribution in [2.45, 2.75) is 23.7 Å². The summed E-state index contributed by atoms with van der Waals surface area (Å²) in [4.78, 5) is 23.0. The van der Waals surface area contributed by atoms with Gasteiger partial charge in [-0.2, -0.15) is 0 Å². The van der Waals surface area contributed by atoms with Crippen molar-refractivity contribution in [3.05, 3.63) is 48.0 Å². The van der Waals surface area contributed by atoms with Crippen LogP contribution in [0.3, 0.4) is 0 Å². The van der Waals surface area contributed by atoms with E-state index < -0.39 is 10.0 Å². The maximum atomic E-state index is 13.1. The van der Waals surface area contributed by atoms with E-state index >= 15 is 0 Å². The first-order valence-corrected chi connectivity index (χ1v) is 10.7. The molecule has 8 nitrogen and oxygen atoms in total. The predicted octanol–water partition coefficient (Wildman–Crippen LogP) is 1.83. The van der Waals surface area contributed by atoms with Crippen LogP contribution in [-0.4, -0.2) is 53.9 Å². The van der Waals surface area contributed by atoms with Crippen LogP contribution in [0.4, 0.5) is 0 Å². The second kappa shape index (κ2) is 7.06. The number of benzene rings is 1.